The van der Waals surface area contributed by atoms with Crippen molar-refractivity contribution in [3.8, 4) is 0 Å². The van der Waals surface area contributed by atoms with E-state index in [0.29, 0.717) is 17.9 Å². The average Bonchev–Trinajstić information content (AvgIpc) is 2.87. The van der Waals surface area contributed by atoms with Gasteiger partial charge < -0.3 is 10.2 Å². The van der Waals surface area contributed by atoms with Crippen LogP contribution in [-0.4, -0.2) is 37.0 Å². The minimum absolute atomic E-state index is 0. The van der Waals surface area contributed by atoms with Crippen LogP contribution in [0.3, 0.4) is 0 Å². The lowest BCUT2D eigenvalue weighted by Crippen LogP contribution is -2.49. The molecular weight excluding hydrogens is 272 g/mol. The minimum Gasteiger partial charge on any atom is -0.342 e. The van der Waals surface area contributed by atoms with Crippen molar-refractivity contribution < 1.29 is 4.79 Å². The molecule has 0 atom stereocenters. The van der Waals surface area contributed by atoms with Crippen molar-refractivity contribution >= 4 is 18.3 Å². The van der Waals surface area contributed by atoms with Gasteiger partial charge in [-0.1, -0.05) is 26.7 Å². The smallest absolute Gasteiger partial charge is 0.228 e. The fourth-order valence-corrected chi connectivity index (χ4v) is 4.05. The van der Waals surface area contributed by atoms with Gasteiger partial charge in [0.15, 0.2) is 0 Å². The van der Waals surface area contributed by atoms with E-state index in [9.17, 15) is 4.79 Å². The van der Waals surface area contributed by atoms with Gasteiger partial charge in [0, 0.05) is 24.5 Å². The van der Waals surface area contributed by atoms with Gasteiger partial charge in [0.2, 0.25) is 5.91 Å². The molecule has 0 aromatic carbocycles. The fraction of sp³-hybridized carbons (Fsp3) is 0.938. The van der Waals surface area contributed by atoms with Crippen molar-refractivity contribution in [1.82, 2.24) is 10.2 Å². The predicted molar refractivity (Wildman–Crippen MR) is 86.3 cm³/mol. The molecule has 20 heavy (non-hydrogen) atoms. The second-order valence-corrected chi connectivity index (χ2v) is 6.94. The van der Waals surface area contributed by atoms with Crippen LogP contribution in [0.4, 0.5) is 0 Å². The van der Waals surface area contributed by atoms with Gasteiger partial charge in [-0.15, -0.1) is 12.4 Å². The minimum atomic E-state index is -0.0132. The Hall–Kier alpha value is -0.280. The van der Waals surface area contributed by atoms with Crippen LogP contribution in [0, 0.1) is 11.3 Å². The number of nitrogens with one attached hydrogen (secondary N) is 1. The first-order valence-corrected chi connectivity index (χ1v) is 8.04. The zero-order valence-electron chi connectivity index (χ0n) is 13.3. The molecule has 1 aliphatic heterocycles. The van der Waals surface area contributed by atoms with E-state index in [4.69, 9.17) is 0 Å². The molecule has 1 aliphatic carbocycles. The van der Waals surface area contributed by atoms with E-state index in [1.807, 2.05) is 7.05 Å². The molecule has 0 aromatic heterocycles. The van der Waals surface area contributed by atoms with Gasteiger partial charge in [-0.25, -0.2) is 0 Å². The van der Waals surface area contributed by atoms with Crippen molar-refractivity contribution in [2.75, 3.05) is 20.1 Å². The Morgan fingerprint density at radius 3 is 2.25 bits per heavy atom. The van der Waals surface area contributed by atoms with Gasteiger partial charge >= 0.3 is 0 Å². The molecule has 0 bridgehead atoms. The second kappa shape index (κ2) is 7.65. The Morgan fingerprint density at radius 1 is 1.25 bits per heavy atom. The molecule has 3 nitrogen and oxygen atoms in total. The van der Waals surface area contributed by atoms with E-state index in [0.717, 1.165) is 45.2 Å². The number of hydrogen-bond donors (Lipinski definition) is 1. The van der Waals surface area contributed by atoms with Crippen LogP contribution >= 0.6 is 12.4 Å². The number of rotatable bonds is 4. The van der Waals surface area contributed by atoms with E-state index in [1.165, 1.54) is 12.8 Å². The molecule has 1 amide bonds. The number of piperidine rings is 1. The SMILES string of the molecule is CNC1CCN(C(=O)C2(CC(C)C)CCCC2)CC1.Cl. The molecule has 1 N–H and O–H groups in total. The van der Waals surface area contributed by atoms with Crippen molar-refractivity contribution in [3.05, 3.63) is 0 Å². The van der Waals surface area contributed by atoms with Crippen molar-refractivity contribution in [3.63, 3.8) is 0 Å². The largest absolute Gasteiger partial charge is 0.342 e. The quantitative estimate of drug-likeness (QED) is 0.865. The molecule has 2 fully saturated rings. The van der Waals surface area contributed by atoms with E-state index in [2.05, 4.69) is 24.1 Å². The third kappa shape index (κ3) is 3.88. The lowest BCUT2D eigenvalue weighted by atomic mass is 9.77. The maximum Gasteiger partial charge on any atom is 0.228 e. The highest BCUT2D eigenvalue weighted by molar-refractivity contribution is 5.85. The van der Waals surface area contributed by atoms with E-state index in [1.54, 1.807) is 0 Å². The molecule has 2 rings (SSSR count). The first-order valence-electron chi connectivity index (χ1n) is 8.04. The number of nitrogens with zero attached hydrogens (tertiary/aromatic N) is 1. The molecular formula is C16H31ClN2O. The standard InChI is InChI=1S/C16H30N2O.ClH/c1-13(2)12-16(8-4-5-9-16)15(19)18-10-6-14(17-3)7-11-18;/h13-14,17H,4-12H2,1-3H3;1H. The Balaban J connectivity index is 0.00000200. The zero-order chi connectivity index (χ0) is 13.9. The molecule has 1 heterocycles. The average molecular weight is 303 g/mol. The Kier molecular flexibility index (Phi) is 6.80. The molecule has 1 saturated heterocycles. The summed E-state index contributed by atoms with van der Waals surface area (Å²) in [5.74, 6) is 1.09. The van der Waals surface area contributed by atoms with Crippen molar-refractivity contribution in [1.29, 1.82) is 0 Å². The zero-order valence-corrected chi connectivity index (χ0v) is 14.1. The normalized spacial score (nSPS) is 22.9. The van der Waals surface area contributed by atoms with Gasteiger partial charge in [-0.2, -0.15) is 0 Å². The number of carbonyl (C=O) groups is 1. The number of halogens is 1. The lowest BCUT2D eigenvalue weighted by molar-refractivity contribution is -0.144. The highest BCUT2D eigenvalue weighted by Gasteiger charge is 2.44. The first-order chi connectivity index (χ1) is 9.07. The summed E-state index contributed by atoms with van der Waals surface area (Å²) in [6, 6.07) is 0.605. The van der Waals surface area contributed by atoms with Crippen LogP contribution in [0.1, 0.15) is 58.8 Å². The van der Waals surface area contributed by atoms with E-state index < -0.39 is 0 Å². The van der Waals surface area contributed by atoms with Crippen LogP contribution in [0.5, 0.6) is 0 Å². The van der Waals surface area contributed by atoms with E-state index in [-0.39, 0.29) is 17.8 Å². The summed E-state index contributed by atoms with van der Waals surface area (Å²) in [6.07, 6.45) is 8.03. The maximum absolute atomic E-state index is 13.0. The molecule has 118 valence electrons. The van der Waals surface area contributed by atoms with Gasteiger partial charge in [0.25, 0.3) is 0 Å². The first kappa shape index (κ1) is 17.8. The summed E-state index contributed by atoms with van der Waals surface area (Å²) in [5.41, 5.74) is -0.0132. The van der Waals surface area contributed by atoms with Crippen LogP contribution in [0.2, 0.25) is 0 Å². The molecule has 0 spiro atoms. The molecule has 4 heteroatoms. The molecule has 2 aliphatic rings. The van der Waals surface area contributed by atoms with Crippen molar-refractivity contribution in [2.45, 2.75) is 64.8 Å². The number of hydrogen-bond acceptors (Lipinski definition) is 2. The molecule has 0 unspecified atom stereocenters. The van der Waals surface area contributed by atoms with Gasteiger partial charge in [0.1, 0.15) is 0 Å². The van der Waals surface area contributed by atoms with Crippen LogP contribution < -0.4 is 5.32 Å². The Morgan fingerprint density at radius 2 is 1.80 bits per heavy atom. The summed E-state index contributed by atoms with van der Waals surface area (Å²) < 4.78 is 0. The third-order valence-corrected chi connectivity index (χ3v) is 5.00. The summed E-state index contributed by atoms with van der Waals surface area (Å²) in [5, 5.41) is 3.34. The number of likely N-dealkylation sites (tertiary alicyclic amines) is 1. The summed E-state index contributed by atoms with van der Waals surface area (Å²) in [4.78, 5) is 15.1. The van der Waals surface area contributed by atoms with Crippen LogP contribution in [0.25, 0.3) is 0 Å². The second-order valence-electron chi connectivity index (χ2n) is 6.94. The summed E-state index contributed by atoms with van der Waals surface area (Å²) in [6.45, 7) is 6.40. The van der Waals surface area contributed by atoms with Crippen LogP contribution in [0.15, 0.2) is 0 Å². The van der Waals surface area contributed by atoms with Gasteiger partial charge in [0.05, 0.1) is 0 Å². The number of amides is 1. The van der Waals surface area contributed by atoms with Crippen LogP contribution in [-0.2, 0) is 4.79 Å². The maximum atomic E-state index is 13.0. The highest BCUT2D eigenvalue weighted by Crippen LogP contribution is 2.45. The third-order valence-electron chi connectivity index (χ3n) is 5.00. The highest BCUT2D eigenvalue weighted by atomic mass is 35.5. The molecule has 0 aromatic rings. The van der Waals surface area contributed by atoms with Gasteiger partial charge in [-0.3, -0.25) is 4.79 Å². The Bertz CT molecular complexity index is 306. The predicted octanol–water partition coefficient (Wildman–Crippen LogP) is 3.23. The monoisotopic (exact) mass is 302 g/mol. The molecule has 1 saturated carbocycles. The lowest BCUT2D eigenvalue weighted by Gasteiger charge is -2.39. The van der Waals surface area contributed by atoms with Crippen molar-refractivity contribution in [2.24, 2.45) is 11.3 Å². The summed E-state index contributed by atoms with van der Waals surface area (Å²) >= 11 is 0. The summed E-state index contributed by atoms with van der Waals surface area (Å²) in [7, 11) is 2.03. The van der Waals surface area contributed by atoms with Gasteiger partial charge in [-0.05, 0) is 45.1 Å². The molecule has 0 radical (unpaired) electrons. The topological polar surface area (TPSA) is 32.3 Å². The van der Waals surface area contributed by atoms with E-state index >= 15 is 0 Å². The number of carbonyl (C=O) groups excluding carboxylic acids is 1. The Labute approximate surface area is 130 Å². The fourth-order valence-electron chi connectivity index (χ4n) is 4.05.